The second kappa shape index (κ2) is 9.45. The number of hydrogen-bond donors (Lipinski definition) is 1. The lowest BCUT2D eigenvalue weighted by molar-refractivity contribution is 0.0692. The number of carbonyl (C=O) groups is 2. The van der Waals surface area contributed by atoms with Gasteiger partial charge in [0.1, 0.15) is 0 Å². The van der Waals surface area contributed by atoms with Gasteiger partial charge in [0.25, 0.3) is 0 Å². The number of carbonyl (C=O) groups excluding carboxylic acids is 1. The minimum Gasteiger partial charge on any atom is -0.478 e. The van der Waals surface area contributed by atoms with Crippen molar-refractivity contribution in [1.82, 2.24) is 0 Å². The first-order valence-electron chi connectivity index (χ1n) is 7.81. The van der Waals surface area contributed by atoms with Gasteiger partial charge in [-0.15, -0.1) is 0 Å². The van der Waals surface area contributed by atoms with Crippen molar-refractivity contribution in [2.45, 2.75) is 0 Å². The summed E-state index contributed by atoms with van der Waals surface area (Å²) in [5.74, 6) is -14.8. The number of benzene rings is 3. The number of hydrogen-bond acceptors (Lipinski definition) is 3. The lowest BCUT2D eigenvalue weighted by Gasteiger charge is -2.08. The van der Waals surface area contributed by atoms with Crippen LogP contribution in [0.2, 0.25) is 0 Å². The molecule has 0 heterocycles. The van der Waals surface area contributed by atoms with Crippen molar-refractivity contribution in [3.05, 3.63) is 101 Å². The second-order valence-electron chi connectivity index (χ2n) is 5.33. The first-order valence-corrected chi connectivity index (χ1v) is 7.81. The molecule has 9 heteroatoms. The normalized spacial score (nSPS) is 9.97. The average molecular weight is 410 g/mol. The van der Waals surface area contributed by atoms with Gasteiger partial charge in [-0.25, -0.2) is 22.8 Å². The molecule has 0 fully saturated rings. The zero-order chi connectivity index (χ0) is 21.6. The third-order valence-electron chi connectivity index (χ3n) is 3.39. The molecule has 0 saturated carbocycles. The third kappa shape index (κ3) is 5.16. The molecule has 0 spiro atoms. The van der Waals surface area contributed by atoms with E-state index in [1.165, 1.54) is 24.3 Å². The Bertz CT molecular complexity index is 995. The van der Waals surface area contributed by atoms with E-state index in [1.807, 2.05) is 0 Å². The van der Waals surface area contributed by atoms with Crippen LogP contribution in [0.15, 0.2) is 60.7 Å². The minimum absolute atomic E-state index is 0.101. The summed E-state index contributed by atoms with van der Waals surface area (Å²) in [6, 6.07) is 15.3. The van der Waals surface area contributed by atoms with Crippen LogP contribution in [-0.4, -0.2) is 17.0 Å². The van der Waals surface area contributed by atoms with Crippen LogP contribution in [0.4, 0.5) is 22.0 Å². The molecule has 0 aromatic heterocycles. The Balaban J connectivity index is 0.000000278. The molecule has 29 heavy (non-hydrogen) atoms. The molecule has 0 amide bonds. The molecule has 0 aliphatic rings. The maximum atomic E-state index is 13.3. The molecular weight excluding hydrogens is 399 g/mol. The van der Waals surface area contributed by atoms with Crippen molar-refractivity contribution in [3.63, 3.8) is 0 Å². The van der Waals surface area contributed by atoms with E-state index < -0.39 is 46.8 Å². The molecular formula is C20H11F5O4. The molecule has 1 N–H and O–H groups in total. The number of esters is 1. The number of carboxylic acid groups (broad SMARTS) is 1. The van der Waals surface area contributed by atoms with Crippen LogP contribution >= 0.6 is 0 Å². The van der Waals surface area contributed by atoms with Gasteiger partial charge in [0.15, 0.2) is 0 Å². The monoisotopic (exact) mass is 410 g/mol. The minimum atomic E-state index is -2.32. The lowest BCUT2D eigenvalue weighted by atomic mass is 10.2. The highest BCUT2D eigenvalue weighted by molar-refractivity contribution is 5.91. The summed E-state index contributed by atoms with van der Waals surface area (Å²) in [4.78, 5) is 21.7. The summed E-state index contributed by atoms with van der Waals surface area (Å²) in [5.41, 5.74) is 0.231. The molecule has 0 bridgehead atoms. The summed E-state index contributed by atoms with van der Waals surface area (Å²) in [6.45, 7) is 0. The zero-order valence-corrected chi connectivity index (χ0v) is 14.3. The maximum Gasteiger partial charge on any atom is 0.343 e. The fourth-order valence-electron chi connectivity index (χ4n) is 1.98. The molecule has 3 aromatic carbocycles. The summed E-state index contributed by atoms with van der Waals surface area (Å²) in [7, 11) is 0. The summed E-state index contributed by atoms with van der Waals surface area (Å²) in [5, 5.41) is 8.38. The van der Waals surface area contributed by atoms with Crippen LogP contribution in [-0.2, 0) is 0 Å². The number of halogens is 5. The quantitative estimate of drug-likeness (QED) is 0.217. The predicted octanol–water partition coefficient (Wildman–Crippen LogP) is 4.99. The molecule has 3 aromatic rings. The van der Waals surface area contributed by atoms with Gasteiger partial charge in [0.2, 0.25) is 34.8 Å². The number of ether oxygens (including phenoxy) is 1. The summed E-state index contributed by atoms with van der Waals surface area (Å²) >= 11 is 0. The highest BCUT2D eigenvalue weighted by Crippen LogP contribution is 2.29. The van der Waals surface area contributed by atoms with Crippen molar-refractivity contribution in [2.24, 2.45) is 0 Å². The molecule has 3 rings (SSSR count). The number of carboxylic acids is 1. The molecule has 0 aliphatic carbocycles. The Hall–Kier alpha value is -3.75. The summed E-state index contributed by atoms with van der Waals surface area (Å²) < 4.78 is 69.4. The van der Waals surface area contributed by atoms with E-state index in [4.69, 9.17) is 5.11 Å². The molecule has 4 nitrogen and oxygen atoms in total. The Kier molecular flexibility index (Phi) is 7.02. The lowest BCUT2D eigenvalue weighted by Crippen LogP contribution is -2.13. The maximum absolute atomic E-state index is 13.3. The average Bonchev–Trinajstić information content (AvgIpc) is 2.75. The van der Waals surface area contributed by atoms with E-state index in [-0.39, 0.29) is 5.56 Å². The van der Waals surface area contributed by atoms with E-state index in [1.54, 1.807) is 36.4 Å². The standard InChI is InChI=1S/C13H5F5O2.C7H6O2/c14-7-8(15)10(17)12(11(18)9(7)16)20-13(19)6-4-2-1-3-5-6;8-7(9)6-4-2-1-3-5-6/h1-5H;1-5H,(H,8,9). The van der Waals surface area contributed by atoms with Crippen molar-refractivity contribution < 1.29 is 41.4 Å². The molecule has 0 aliphatic heterocycles. The van der Waals surface area contributed by atoms with Gasteiger partial charge in [-0.05, 0) is 24.3 Å². The van der Waals surface area contributed by atoms with E-state index in [9.17, 15) is 31.5 Å². The Labute approximate surface area is 160 Å². The molecule has 0 radical (unpaired) electrons. The van der Waals surface area contributed by atoms with Gasteiger partial charge in [-0.2, -0.15) is 8.78 Å². The van der Waals surface area contributed by atoms with Crippen LogP contribution in [0.1, 0.15) is 20.7 Å². The number of aromatic carboxylic acids is 1. The van der Waals surface area contributed by atoms with Gasteiger partial charge in [-0.1, -0.05) is 36.4 Å². The van der Waals surface area contributed by atoms with Crippen LogP contribution in [0, 0.1) is 29.1 Å². The van der Waals surface area contributed by atoms with Gasteiger partial charge in [0.05, 0.1) is 11.1 Å². The van der Waals surface area contributed by atoms with E-state index in [2.05, 4.69) is 4.74 Å². The molecule has 0 atom stereocenters. The largest absolute Gasteiger partial charge is 0.478 e. The second-order valence-corrected chi connectivity index (χ2v) is 5.33. The Morgan fingerprint density at radius 3 is 1.38 bits per heavy atom. The smallest absolute Gasteiger partial charge is 0.343 e. The van der Waals surface area contributed by atoms with Gasteiger partial charge in [0, 0.05) is 0 Å². The van der Waals surface area contributed by atoms with E-state index in [0.29, 0.717) is 5.56 Å². The van der Waals surface area contributed by atoms with Crippen molar-refractivity contribution >= 4 is 11.9 Å². The van der Waals surface area contributed by atoms with Crippen LogP contribution in [0.25, 0.3) is 0 Å². The Morgan fingerprint density at radius 2 is 1.00 bits per heavy atom. The van der Waals surface area contributed by atoms with Gasteiger partial charge >= 0.3 is 11.9 Å². The predicted molar refractivity (Wildman–Crippen MR) is 91.0 cm³/mol. The van der Waals surface area contributed by atoms with Crippen molar-refractivity contribution in [2.75, 3.05) is 0 Å². The third-order valence-corrected chi connectivity index (χ3v) is 3.39. The van der Waals surface area contributed by atoms with Gasteiger partial charge in [-0.3, -0.25) is 0 Å². The fraction of sp³-hybridized carbons (Fsp3) is 0. The highest BCUT2D eigenvalue weighted by atomic mass is 19.2. The zero-order valence-electron chi connectivity index (χ0n) is 14.3. The van der Waals surface area contributed by atoms with Crippen molar-refractivity contribution in [3.8, 4) is 5.75 Å². The SMILES string of the molecule is O=C(O)c1ccccc1.O=C(Oc1c(F)c(F)c(F)c(F)c1F)c1ccccc1. The van der Waals surface area contributed by atoms with E-state index in [0.717, 1.165) is 0 Å². The first-order chi connectivity index (χ1) is 13.7. The van der Waals surface area contributed by atoms with Crippen LogP contribution < -0.4 is 4.74 Å². The highest BCUT2D eigenvalue weighted by Gasteiger charge is 2.28. The van der Waals surface area contributed by atoms with E-state index >= 15 is 0 Å². The topological polar surface area (TPSA) is 63.6 Å². The molecule has 150 valence electrons. The van der Waals surface area contributed by atoms with Crippen LogP contribution in [0.5, 0.6) is 5.75 Å². The summed E-state index contributed by atoms with van der Waals surface area (Å²) in [6.07, 6.45) is 0. The molecule has 0 saturated heterocycles. The van der Waals surface area contributed by atoms with Crippen LogP contribution in [0.3, 0.4) is 0 Å². The molecule has 0 unspecified atom stereocenters. The Morgan fingerprint density at radius 1 is 0.621 bits per heavy atom. The fourth-order valence-corrected chi connectivity index (χ4v) is 1.98. The van der Waals surface area contributed by atoms with Gasteiger partial charge < -0.3 is 9.84 Å². The number of rotatable bonds is 3. The first kappa shape index (κ1) is 21.5. The van der Waals surface area contributed by atoms with Crippen molar-refractivity contribution in [1.29, 1.82) is 0 Å².